The van der Waals surface area contributed by atoms with Crippen molar-refractivity contribution in [2.75, 3.05) is 0 Å². The van der Waals surface area contributed by atoms with Gasteiger partial charge in [0.15, 0.2) is 0 Å². The molecule has 0 aliphatic heterocycles. The molecule has 0 radical (unpaired) electrons. The van der Waals surface area contributed by atoms with Crippen molar-refractivity contribution < 1.29 is 4.79 Å². The number of fused-ring (bicyclic) bond motifs is 1. The lowest BCUT2D eigenvalue weighted by Gasteiger charge is -2.00. The van der Waals surface area contributed by atoms with Crippen LogP contribution in [-0.4, -0.2) is 15.9 Å². The third kappa shape index (κ3) is 1.66. The first-order chi connectivity index (χ1) is 7.63. The van der Waals surface area contributed by atoms with E-state index in [1.54, 1.807) is 0 Å². The van der Waals surface area contributed by atoms with Crippen LogP contribution in [0.5, 0.6) is 0 Å². The maximum Gasteiger partial charge on any atom is 0.251 e. The van der Waals surface area contributed by atoms with Crippen molar-refractivity contribution in [1.82, 2.24) is 9.97 Å². The summed E-state index contributed by atoms with van der Waals surface area (Å²) >= 11 is 0. The summed E-state index contributed by atoms with van der Waals surface area (Å²) in [7, 11) is 0. The van der Waals surface area contributed by atoms with Gasteiger partial charge in [0, 0.05) is 6.42 Å². The molecule has 16 heavy (non-hydrogen) atoms. The van der Waals surface area contributed by atoms with Crippen molar-refractivity contribution in [2.24, 2.45) is 5.73 Å². The molecule has 0 spiro atoms. The van der Waals surface area contributed by atoms with Crippen LogP contribution in [0.15, 0.2) is 12.1 Å². The van der Waals surface area contributed by atoms with E-state index in [0.717, 1.165) is 29.7 Å². The SMILES string of the molecule is CCCc1nc2c(C(N)=O)c(C)ccc2[nH]1. The molecule has 0 bridgehead atoms. The standard InChI is InChI=1S/C12H15N3O/c1-3-4-9-14-8-6-5-7(2)10(12(13)16)11(8)15-9/h5-6H,3-4H2,1-2H3,(H2,13,16)(H,14,15). The van der Waals surface area contributed by atoms with E-state index >= 15 is 0 Å². The molecule has 2 aromatic rings. The highest BCUT2D eigenvalue weighted by Gasteiger charge is 2.13. The van der Waals surface area contributed by atoms with Gasteiger partial charge in [0.2, 0.25) is 0 Å². The Morgan fingerprint density at radius 3 is 2.88 bits per heavy atom. The van der Waals surface area contributed by atoms with Crippen LogP contribution < -0.4 is 5.73 Å². The van der Waals surface area contributed by atoms with Crippen molar-refractivity contribution in [3.63, 3.8) is 0 Å². The Labute approximate surface area is 93.9 Å². The first-order valence-corrected chi connectivity index (χ1v) is 5.41. The number of H-pyrrole nitrogens is 1. The van der Waals surface area contributed by atoms with Crippen LogP contribution in [0.2, 0.25) is 0 Å². The molecule has 0 aliphatic rings. The van der Waals surface area contributed by atoms with E-state index in [0.29, 0.717) is 11.1 Å². The van der Waals surface area contributed by atoms with E-state index in [9.17, 15) is 4.79 Å². The second-order valence-electron chi connectivity index (χ2n) is 3.95. The molecular formula is C12H15N3O. The number of rotatable bonds is 3. The minimum atomic E-state index is -0.419. The number of benzene rings is 1. The number of nitrogens with one attached hydrogen (secondary N) is 1. The van der Waals surface area contributed by atoms with Crippen LogP contribution in [0.25, 0.3) is 11.0 Å². The Morgan fingerprint density at radius 1 is 1.50 bits per heavy atom. The van der Waals surface area contributed by atoms with Gasteiger partial charge in [-0.1, -0.05) is 13.0 Å². The van der Waals surface area contributed by atoms with Crippen LogP contribution in [0.3, 0.4) is 0 Å². The number of amides is 1. The third-order valence-corrected chi connectivity index (χ3v) is 2.65. The summed E-state index contributed by atoms with van der Waals surface area (Å²) < 4.78 is 0. The van der Waals surface area contributed by atoms with Crippen LogP contribution >= 0.6 is 0 Å². The Bertz CT molecular complexity index is 542. The number of aromatic amines is 1. The van der Waals surface area contributed by atoms with E-state index in [1.807, 2.05) is 19.1 Å². The van der Waals surface area contributed by atoms with E-state index in [-0.39, 0.29) is 0 Å². The van der Waals surface area contributed by atoms with E-state index in [4.69, 9.17) is 5.73 Å². The number of carbonyl (C=O) groups excluding carboxylic acids is 1. The highest BCUT2D eigenvalue weighted by Crippen LogP contribution is 2.20. The van der Waals surface area contributed by atoms with Crippen LogP contribution in [0.4, 0.5) is 0 Å². The number of carbonyl (C=O) groups is 1. The maximum absolute atomic E-state index is 11.4. The minimum absolute atomic E-state index is 0.419. The molecule has 1 amide bonds. The molecule has 84 valence electrons. The fraction of sp³-hybridized carbons (Fsp3) is 0.333. The second kappa shape index (κ2) is 3.96. The lowest BCUT2D eigenvalue weighted by atomic mass is 10.1. The summed E-state index contributed by atoms with van der Waals surface area (Å²) in [6.07, 6.45) is 1.90. The molecule has 2 rings (SSSR count). The fourth-order valence-corrected chi connectivity index (χ4v) is 1.89. The topological polar surface area (TPSA) is 71.8 Å². The lowest BCUT2D eigenvalue weighted by Crippen LogP contribution is -2.13. The number of nitrogens with two attached hydrogens (primary N) is 1. The van der Waals surface area contributed by atoms with Crippen molar-refractivity contribution in [3.05, 3.63) is 29.1 Å². The first-order valence-electron chi connectivity index (χ1n) is 5.41. The highest BCUT2D eigenvalue weighted by molar-refractivity contribution is 6.05. The number of aryl methyl sites for hydroxylation is 2. The summed E-state index contributed by atoms with van der Waals surface area (Å²) in [6.45, 7) is 3.96. The fourth-order valence-electron chi connectivity index (χ4n) is 1.89. The third-order valence-electron chi connectivity index (χ3n) is 2.65. The zero-order valence-electron chi connectivity index (χ0n) is 9.50. The van der Waals surface area contributed by atoms with Gasteiger partial charge in [-0.25, -0.2) is 4.98 Å². The van der Waals surface area contributed by atoms with Crippen molar-refractivity contribution in [2.45, 2.75) is 26.7 Å². The lowest BCUT2D eigenvalue weighted by molar-refractivity contribution is 0.100. The quantitative estimate of drug-likeness (QED) is 0.824. The van der Waals surface area contributed by atoms with Gasteiger partial charge in [0.1, 0.15) is 11.3 Å². The Morgan fingerprint density at radius 2 is 2.25 bits per heavy atom. The summed E-state index contributed by atoms with van der Waals surface area (Å²) in [4.78, 5) is 19.0. The molecule has 0 aliphatic carbocycles. The van der Waals surface area contributed by atoms with Crippen molar-refractivity contribution >= 4 is 16.9 Å². The maximum atomic E-state index is 11.4. The summed E-state index contributed by atoms with van der Waals surface area (Å²) in [5, 5.41) is 0. The number of imidazole rings is 1. The van der Waals surface area contributed by atoms with Crippen molar-refractivity contribution in [3.8, 4) is 0 Å². The summed E-state index contributed by atoms with van der Waals surface area (Å²) in [5.41, 5.74) is 8.33. The molecule has 4 nitrogen and oxygen atoms in total. The normalized spacial score (nSPS) is 10.9. The smallest absolute Gasteiger partial charge is 0.251 e. The molecule has 4 heteroatoms. The molecule has 0 saturated heterocycles. The number of aromatic nitrogens is 2. The Hall–Kier alpha value is -1.84. The zero-order valence-corrected chi connectivity index (χ0v) is 9.50. The number of hydrogen-bond acceptors (Lipinski definition) is 2. The van der Waals surface area contributed by atoms with Gasteiger partial charge < -0.3 is 10.7 Å². The highest BCUT2D eigenvalue weighted by atomic mass is 16.1. The van der Waals surface area contributed by atoms with E-state index in [2.05, 4.69) is 16.9 Å². The molecule has 0 atom stereocenters. The van der Waals surface area contributed by atoms with Crippen LogP contribution in [0.1, 0.15) is 35.1 Å². The number of hydrogen-bond donors (Lipinski definition) is 2. The van der Waals surface area contributed by atoms with Gasteiger partial charge in [-0.05, 0) is 25.0 Å². The zero-order chi connectivity index (χ0) is 11.7. The molecular weight excluding hydrogens is 202 g/mol. The monoisotopic (exact) mass is 217 g/mol. The molecule has 1 heterocycles. The Balaban J connectivity index is 2.67. The van der Waals surface area contributed by atoms with Gasteiger partial charge in [-0.15, -0.1) is 0 Å². The van der Waals surface area contributed by atoms with Gasteiger partial charge in [0.25, 0.3) is 5.91 Å². The molecule has 0 unspecified atom stereocenters. The molecule has 0 fully saturated rings. The van der Waals surface area contributed by atoms with E-state index < -0.39 is 5.91 Å². The van der Waals surface area contributed by atoms with Gasteiger partial charge in [-0.3, -0.25) is 4.79 Å². The molecule has 1 aromatic heterocycles. The molecule has 0 saturated carbocycles. The summed E-state index contributed by atoms with van der Waals surface area (Å²) in [5.74, 6) is 0.489. The number of nitrogens with zero attached hydrogens (tertiary/aromatic N) is 1. The first kappa shape index (κ1) is 10.7. The minimum Gasteiger partial charge on any atom is -0.366 e. The van der Waals surface area contributed by atoms with Crippen molar-refractivity contribution in [1.29, 1.82) is 0 Å². The second-order valence-corrected chi connectivity index (χ2v) is 3.95. The largest absolute Gasteiger partial charge is 0.366 e. The predicted octanol–water partition coefficient (Wildman–Crippen LogP) is 1.92. The predicted molar refractivity (Wildman–Crippen MR) is 63.3 cm³/mol. The number of primary amides is 1. The van der Waals surface area contributed by atoms with Gasteiger partial charge >= 0.3 is 0 Å². The van der Waals surface area contributed by atoms with Gasteiger partial charge in [-0.2, -0.15) is 0 Å². The molecule has 1 aromatic carbocycles. The molecule has 3 N–H and O–H groups in total. The van der Waals surface area contributed by atoms with Gasteiger partial charge in [0.05, 0.1) is 11.1 Å². The van der Waals surface area contributed by atoms with E-state index in [1.165, 1.54) is 0 Å². The van der Waals surface area contributed by atoms with Crippen LogP contribution in [0, 0.1) is 6.92 Å². The summed E-state index contributed by atoms with van der Waals surface area (Å²) in [6, 6.07) is 3.82. The average molecular weight is 217 g/mol. The Kier molecular flexibility index (Phi) is 2.64. The average Bonchev–Trinajstić information content (AvgIpc) is 2.59. The van der Waals surface area contributed by atoms with Crippen LogP contribution in [-0.2, 0) is 6.42 Å².